The summed E-state index contributed by atoms with van der Waals surface area (Å²) < 4.78 is 17.4. The molecule has 0 fully saturated rings. The fourth-order valence-corrected chi connectivity index (χ4v) is 5.66. The average molecular weight is 597 g/mol. The third-order valence-corrected chi connectivity index (χ3v) is 8.30. The van der Waals surface area contributed by atoms with Gasteiger partial charge in [-0.3, -0.25) is 9.59 Å². The van der Waals surface area contributed by atoms with Gasteiger partial charge in [0, 0.05) is 41.9 Å². The molecular formula is C35H40N4O5. The monoisotopic (exact) mass is 596 g/mol. The lowest BCUT2D eigenvalue weighted by molar-refractivity contribution is -0.132. The van der Waals surface area contributed by atoms with Crippen LogP contribution in [0, 0.1) is 6.92 Å². The van der Waals surface area contributed by atoms with E-state index in [4.69, 9.17) is 13.9 Å². The number of carbonyl (C=O) groups is 2. The Morgan fingerprint density at radius 3 is 2.64 bits per heavy atom. The van der Waals surface area contributed by atoms with Gasteiger partial charge in [0.2, 0.25) is 17.7 Å². The largest absolute Gasteiger partial charge is 0.497 e. The van der Waals surface area contributed by atoms with Crippen LogP contribution in [0.1, 0.15) is 68.6 Å². The molecular weight excluding hydrogens is 556 g/mol. The van der Waals surface area contributed by atoms with Gasteiger partial charge in [0.25, 0.3) is 0 Å². The second kappa shape index (κ2) is 13.8. The summed E-state index contributed by atoms with van der Waals surface area (Å²) in [6.07, 6.45) is 6.20. The van der Waals surface area contributed by atoms with Crippen molar-refractivity contribution in [3.8, 4) is 23.0 Å². The summed E-state index contributed by atoms with van der Waals surface area (Å²) in [4.78, 5) is 40.1. The van der Waals surface area contributed by atoms with Gasteiger partial charge in [0.1, 0.15) is 17.6 Å². The Balaban J connectivity index is 1.42. The number of aromatic amines is 1. The normalized spacial score (nSPS) is 12.0. The maximum atomic E-state index is 13.9. The lowest BCUT2D eigenvalue weighted by Gasteiger charge is -2.26. The van der Waals surface area contributed by atoms with Gasteiger partial charge in [0.15, 0.2) is 5.76 Å². The fraction of sp³-hybridized carbons (Fsp3) is 0.371. The van der Waals surface area contributed by atoms with Crippen LogP contribution in [0.5, 0.6) is 11.6 Å². The molecule has 0 aliphatic rings. The van der Waals surface area contributed by atoms with Gasteiger partial charge in [0.05, 0.1) is 37.9 Å². The van der Waals surface area contributed by atoms with E-state index in [-0.39, 0.29) is 18.1 Å². The molecule has 5 aromatic rings. The zero-order valence-corrected chi connectivity index (χ0v) is 26.1. The van der Waals surface area contributed by atoms with Crippen molar-refractivity contribution in [3.05, 3.63) is 71.9 Å². The number of benzene rings is 2. The number of aromatic nitrogens is 3. The molecule has 0 aliphatic heterocycles. The second-order valence-corrected chi connectivity index (χ2v) is 11.1. The number of likely N-dealkylation sites (N-methyl/N-ethyl adjacent to an activating group) is 1. The molecule has 1 N–H and O–H groups in total. The number of unbranched alkanes of at least 4 members (excludes halogenated alkanes) is 2. The number of nitrogens with zero attached hydrogens (tertiary/aromatic N) is 3. The lowest BCUT2D eigenvalue weighted by Crippen LogP contribution is -2.32. The number of methoxy groups -OCH3 is 2. The molecule has 5 rings (SSSR count). The Labute approximate surface area is 257 Å². The number of Topliss-reactive ketones (excluding diaryl/α,β-unsaturated/α-hetero) is 1. The zero-order valence-electron chi connectivity index (χ0n) is 26.1. The molecule has 0 spiro atoms. The van der Waals surface area contributed by atoms with Crippen molar-refractivity contribution >= 4 is 33.5 Å². The summed E-state index contributed by atoms with van der Waals surface area (Å²) in [7, 11) is 5.02. The SMILES string of the molecule is CCC(=O)CCCCC[C@@H](c1ncc(-c2cc3ccccc3nc2OC)o1)N(C)C(=O)Cc1c(C)[nH]c2ccc(OC)cc12. The number of fused-ring (bicyclic) bond motifs is 2. The van der Waals surface area contributed by atoms with E-state index in [9.17, 15) is 9.59 Å². The maximum Gasteiger partial charge on any atom is 0.227 e. The Hall–Kier alpha value is -4.66. The first-order chi connectivity index (χ1) is 21.3. The number of amides is 1. The van der Waals surface area contributed by atoms with Crippen LogP contribution < -0.4 is 9.47 Å². The van der Waals surface area contributed by atoms with Crippen molar-refractivity contribution in [2.24, 2.45) is 0 Å². The Kier molecular flexibility index (Phi) is 9.62. The van der Waals surface area contributed by atoms with E-state index in [0.717, 1.165) is 58.1 Å². The minimum Gasteiger partial charge on any atom is -0.497 e. The van der Waals surface area contributed by atoms with Crippen LogP contribution in [-0.4, -0.2) is 52.8 Å². The predicted octanol–water partition coefficient (Wildman–Crippen LogP) is 7.37. The molecule has 3 heterocycles. The van der Waals surface area contributed by atoms with Crippen molar-refractivity contribution in [2.75, 3.05) is 21.3 Å². The standard InChI is InChI=1S/C35H40N4O5/c1-6-24(40)13-8-7-9-15-31(39(3)33(41)20-26-22(2)37-30-17-16-25(42-4)19-27(26)30)35-36-21-32(44-35)28-18-23-12-10-11-14-29(23)38-34(28)43-5/h10-12,14,16-19,21,31,37H,6-9,13,15,20H2,1-5H3/t31-/m0/s1. The number of aryl methyl sites for hydroxylation is 1. The number of para-hydroxylation sites is 1. The molecule has 2 aromatic carbocycles. The highest BCUT2D eigenvalue weighted by Gasteiger charge is 2.28. The van der Waals surface area contributed by atoms with Crippen LogP contribution in [0.3, 0.4) is 0 Å². The van der Waals surface area contributed by atoms with Gasteiger partial charge in [-0.05, 0) is 55.7 Å². The van der Waals surface area contributed by atoms with Crippen molar-refractivity contribution in [3.63, 3.8) is 0 Å². The van der Waals surface area contributed by atoms with Gasteiger partial charge in [-0.2, -0.15) is 0 Å². The number of ketones is 1. The molecule has 0 saturated carbocycles. The summed E-state index contributed by atoms with van der Waals surface area (Å²) in [5.74, 6) is 2.38. The third-order valence-electron chi connectivity index (χ3n) is 8.30. The number of carbonyl (C=O) groups excluding carboxylic acids is 2. The molecule has 3 aromatic heterocycles. The van der Waals surface area contributed by atoms with Crippen molar-refractivity contribution in [1.82, 2.24) is 19.9 Å². The highest BCUT2D eigenvalue weighted by atomic mass is 16.5. The van der Waals surface area contributed by atoms with Gasteiger partial charge < -0.3 is 23.8 Å². The van der Waals surface area contributed by atoms with E-state index < -0.39 is 6.04 Å². The van der Waals surface area contributed by atoms with E-state index in [0.29, 0.717) is 42.4 Å². The Morgan fingerprint density at radius 1 is 1.05 bits per heavy atom. The van der Waals surface area contributed by atoms with Gasteiger partial charge in [-0.15, -0.1) is 0 Å². The van der Waals surface area contributed by atoms with E-state index in [1.54, 1.807) is 32.4 Å². The first-order valence-corrected chi connectivity index (χ1v) is 15.1. The van der Waals surface area contributed by atoms with Crippen molar-refractivity contribution in [2.45, 2.75) is 64.8 Å². The number of hydrogen-bond acceptors (Lipinski definition) is 7. The summed E-state index contributed by atoms with van der Waals surface area (Å²) in [6, 6.07) is 15.2. The maximum absolute atomic E-state index is 13.9. The van der Waals surface area contributed by atoms with Crippen molar-refractivity contribution < 1.29 is 23.5 Å². The van der Waals surface area contributed by atoms with E-state index in [2.05, 4.69) is 15.0 Å². The van der Waals surface area contributed by atoms with Gasteiger partial charge >= 0.3 is 0 Å². The summed E-state index contributed by atoms with van der Waals surface area (Å²) in [5.41, 5.74) is 4.36. The van der Waals surface area contributed by atoms with Crippen LogP contribution in [-0.2, 0) is 16.0 Å². The highest BCUT2D eigenvalue weighted by molar-refractivity contribution is 5.91. The molecule has 230 valence electrons. The van der Waals surface area contributed by atoms with Gasteiger partial charge in [-0.25, -0.2) is 9.97 Å². The molecule has 1 atom stereocenters. The topological polar surface area (TPSA) is 111 Å². The molecule has 0 saturated heterocycles. The summed E-state index contributed by atoms with van der Waals surface area (Å²) in [6.45, 7) is 3.88. The quantitative estimate of drug-likeness (QED) is 0.133. The van der Waals surface area contributed by atoms with Crippen LogP contribution in [0.4, 0.5) is 0 Å². The summed E-state index contributed by atoms with van der Waals surface area (Å²) in [5, 5.41) is 1.92. The van der Waals surface area contributed by atoms with E-state index in [1.807, 2.05) is 62.4 Å². The Bertz CT molecular complexity index is 1770. The van der Waals surface area contributed by atoms with E-state index in [1.165, 1.54) is 0 Å². The summed E-state index contributed by atoms with van der Waals surface area (Å²) >= 11 is 0. The van der Waals surface area contributed by atoms with E-state index >= 15 is 0 Å². The first-order valence-electron chi connectivity index (χ1n) is 15.1. The highest BCUT2D eigenvalue weighted by Crippen LogP contribution is 2.35. The molecule has 44 heavy (non-hydrogen) atoms. The molecule has 0 bridgehead atoms. The van der Waals surface area contributed by atoms with Crippen LogP contribution in [0.25, 0.3) is 33.1 Å². The third kappa shape index (κ3) is 6.61. The van der Waals surface area contributed by atoms with Crippen LogP contribution in [0.15, 0.2) is 59.1 Å². The Morgan fingerprint density at radius 2 is 1.86 bits per heavy atom. The minimum atomic E-state index is -0.391. The fourth-order valence-electron chi connectivity index (χ4n) is 5.66. The number of H-pyrrole nitrogens is 1. The number of pyridine rings is 1. The number of hydrogen-bond donors (Lipinski definition) is 1. The lowest BCUT2D eigenvalue weighted by atomic mass is 10.0. The molecule has 1 amide bonds. The molecule has 0 radical (unpaired) electrons. The number of nitrogens with one attached hydrogen (secondary N) is 1. The average Bonchev–Trinajstić information content (AvgIpc) is 3.65. The van der Waals surface area contributed by atoms with Crippen LogP contribution >= 0.6 is 0 Å². The van der Waals surface area contributed by atoms with Crippen LogP contribution in [0.2, 0.25) is 0 Å². The second-order valence-electron chi connectivity index (χ2n) is 11.1. The molecule has 0 aliphatic carbocycles. The number of ether oxygens (including phenoxy) is 2. The minimum absolute atomic E-state index is 0.0484. The predicted molar refractivity (Wildman–Crippen MR) is 171 cm³/mol. The molecule has 9 heteroatoms. The zero-order chi connectivity index (χ0) is 31.2. The van der Waals surface area contributed by atoms with Gasteiger partial charge in [-0.1, -0.05) is 38.0 Å². The first kappa shape index (κ1) is 30.8. The molecule has 0 unspecified atom stereocenters. The molecule has 9 nitrogen and oxygen atoms in total. The number of oxazole rings is 1. The number of rotatable bonds is 14. The van der Waals surface area contributed by atoms with Crippen molar-refractivity contribution in [1.29, 1.82) is 0 Å². The smallest absolute Gasteiger partial charge is 0.227 e.